The third kappa shape index (κ3) is 3.71. The van der Waals surface area contributed by atoms with Crippen LogP contribution >= 0.6 is 11.8 Å². The minimum Gasteiger partial charge on any atom is -0.308 e. The van der Waals surface area contributed by atoms with Gasteiger partial charge in [-0.1, -0.05) is 103 Å². The van der Waals surface area contributed by atoms with Crippen LogP contribution in [0.15, 0.2) is 143 Å². The summed E-state index contributed by atoms with van der Waals surface area (Å²) < 4.78 is 0. The van der Waals surface area contributed by atoms with Gasteiger partial charge in [0.25, 0.3) is 0 Å². The maximum absolute atomic E-state index is 13.6. The molecule has 5 aromatic rings. The Hall–Kier alpha value is -4.34. The molecule has 3 heteroatoms. The number of hydrogen-bond acceptors (Lipinski definition) is 3. The predicted molar refractivity (Wildman–Crippen MR) is 152 cm³/mol. The fourth-order valence-corrected chi connectivity index (χ4v) is 6.57. The molecule has 0 N–H and O–H groups in total. The number of nitrogens with zero attached hydrogens (tertiary/aromatic N) is 1. The van der Waals surface area contributed by atoms with E-state index in [9.17, 15) is 4.79 Å². The van der Waals surface area contributed by atoms with E-state index >= 15 is 0 Å². The van der Waals surface area contributed by atoms with Crippen LogP contribution in [0.1, 0.15) is 33.0 Å². The van der Waals surface area contributed by atoms with Crippen LogP contribution in [0.3, 0.4) is 0 Å². The maximum atomic E-state index is 13.6. The number of anilines is 3. The van der Waals surface area contributed by atoms with Crippen molar-refractivity contribution in [2.45, 2.75) is 15.7 Å². The first-order valence-corrected chi connectivity index (χ1v) is 13.3. The average Bonchev–Trinajstić information content (AvgIpc) is 3.23. The minimum absolute atomic E-state index is 0.0601. The van der Waals surface area contributed by atoms with E-state index in [0.717, 1.165) is 39.2 Å². The third-order valence-electron chi connectivity index (χ3n) is 7.11. The second kappa shape index (κ2) is 8.95. The standard InChI is InChI=1S/C34H23NOS/c36-34-27-16-8-7-15-26(27)33(24-11-3-1-4-12-24)28(34)21-23-19-20-30-32(22-23)37-31-18-10-9-17-29(31)35(30)25-13-5-2-6-14-25/h1-22,33H. The molecule has 0 spiro atoms. The summed E-state index contributed by atoms with van der Waals surface area (Å²) in [5.41, 5.74) is 8.36. The number of rotatable bonds is 3. The second-order valence-electron chi connectivity index (χ2n) is 9.33. The van der Waals surface area contributed by atoms with Gasteiger partial charge < -0.3 is 4.90 Å². The largest absolute Gasteiger partial charge is 0.308 e. The molecule has 2 aliphatic rings. The molecule has 0 bridgehead atoms. The highest BCUT2D eigenvalue weighted by atomic mass is 32.2. The molecule has 5 aromatic carbocycles. The van der Waals surface area contributed by atoms with Crippen LogP contribution in [-0.4, -0.2) is 5.78 Å². The van der Waals surface area contributed by atoms with Crippen molar-refractivity contribution in [3.05, 3.63) is 155 Å². The molecule has 1 atom stereocenters. The molecule has 37 heavy (non-hydrogen) atoms. The number of carbonyl (C=O) groups is 1. The molecule has 1 aliphatic heterocycles. The lowest BCUT2D eigenvalue weighted by atomic mass is 9.89. The third-order valence-corrected chi connectivity index (χ3v) is 8.22. The van der Waals surface area contributed by atoms with Gasteiger partial charge in [0, 0.05) is 32.5 Å². The Morgan fingerprint density at radius 1 is 0.649 bits per heavy atom. The van der Waals surface area contributed by atoms with E-state index in [1.54, 1.807) is 11.8 Å². The lowest BCUT2D eigenvalue weighted by molar-refractivity contribution is 0.103. The summed E-state index contributed by atoms with van der Waals surface area (Å²) in [6.07, 6.45) is 2.09. The van der Waals surface area contributed by atoms with E-state index in [2.05, 4.69) is 95.9 Å². The normalized spacial score (nSPS) is 16.9. The summed E-state index contributed by atoms with van der Waals surface area (Å²) >= 11 is 1.78. The Bertz CT molecular complexity index is 1670. The fourth-order valence-electron chi connectivity index (χ4n) is 5.46. The molecular formula is C34H23NOS. The van der Waals surface area contributed by atoms with Gasteiger partial charge in [-0.2, -0.15) is 0 Å². The SMILES string of the molecule is O=C1C(=Cc2ccc3c(c2)Sc2ccccc2N3c2ccccc2)C(c2ccccc2)c2ccccc21. The van der Waals surface area contributed by atoms with E-state index in [1.165, 1.54) is 15.5 Å². The van der Waals surface area contributed by atoms with Crippen LogP contribution in [0.2, 0.25) is 0 Å². The monoisotopic (exact) mass is 493 g/mol. The number of Topliss-reactive ketones (excluding diaryl/α,β-unsaturated/α-hetero) is 1. The van der Waals surface area contributed by atoms with Crippen LogP contribution in [0.4, 0.5) is 17.1 Å². The predicted octanol–water partition coefficient (Wildman–Crippen LogP) is 9.03. The van der Waals surface area contributed by atoms with Crippen molar-refractivity contribution in [3.8, 4) is 0 Å². The molecule has 0 saturated heterocycles. The topological polar surface area (TPSA) is 20.3 Å². The van der Waals surface area contributed by atoms with Crippen LogP contribution in [0.25, 0.3) is 6.08 Å². The van der Waals surface area contributed by atoms with E-state index in [-0.39, 0.29) is 11.7 Å². The molecule has 0 amide bonds. The highest BCUT2D eigenvalue weighted by Gasteiger charge is 2.35. The van der Waals surface area contributed by atoms with Gasteiger partial charge in [-0.3, -0.25) is 4.79 Å². The number of hydrogen-bond donors (Lipinski definition) is 0. The molecule has 7 rings (SSSR count). The zero-order valence-electron chi connectivity index (χ0n) is 20.0. The van der Waals surface area contributed by atoms with E-state index in [0.29, 0.717) is 0 Å². The summed E-state index contributed by atoms with van der Waals surface area (Å²) in [4.78, 5) is 18.3. The molecule has 1 heterocycles. The molecule has 1 aliphatic carbocycles. The average molecular weight is 494 g/mol. The molecule has 1 unspecified atom stereocenters. The molecule has 176 valence electrons. The van der Waals surface area contributed by atoms with Crippen molar-refractivity contribution >= 4 is 40.7 Å². The second-order valence-corrected chi connectivity index (χ2v) is 10.4. The van der Waals surface area contributed by atoms with Crippen LogP contribution in [0.5, 0.6) is 0 Å². The van der Waals surface area contributed by atoms with Crippen molar-refractivity contribution in [3.63, 3.8) is 0 Å². The van der Waals surface area contributed by atoms with Gasteiger partial charge in [0.15, 0.2) is 5.78 Å². The lowest BCUT2D eigenvalue weighted by Gasteiger charge is -2.33. The fraction of sp³-hybridized carbons (Fsp3) is 0.0294. The summed E-state index contributed by atoms with van der Waals surface area (Å²) in [6, 6.07) is 43.9. The van der Waals surface area contributed by atoms with Gasteiger partial charge in [0.2, 0.25) is 0 Å². The number of para-hydroxylation sites is 2. The first-order valence-electron chi connectivity index (χ1n) is 12.4. The van der Waals surface area contributed by atoms with Crippen LogP contribution in [0, 0.1) is 0 Å². The smallest absolute Gasteiger partial charge is 0.190 e. The van der Waals surface area contributed by atoms with Gasteiger partial charge >= 0.3 is 0 Å². The highest BCUT2D eigenvalue weighted by molar-refractivity contribution is 7.99. The molecule has 0 saturated carbocycles. The molecule has 0 fully saturated rings. The summed E-state index contributed by atoms with van der Waals surface area (Å²) in [5, 5.41) is 0. The summed E-state index contributed by atoms with van der Waals surface area (Å²) in [6.45, 7) is 0. The summed E-state index contributed by atoms with van der Waals surface area (Å²) in [5.74, 6) is 0.0567. The van der Waals surface area contributed by atoms with Gasteiger partial charge in [0.1, 0.15) is 0 Å². The highest BCUT2D eigenvalue weighted by Crippen LogP contribution is 2.52. The zero-order chi connectivity index (χ0) is 24.8. The molecule has 0 radical (unpaired) electrons. The van der Waals surface area contributed by atoms with Crippen molar-refractivity contribution in [2.24, 2.45) is 0 Å². The summed E-state index contributed by atoms with van der Waals surface area (Å²) in [7, 11) is 0. The first-order chi connectivity index (χ1) is 18.3. The number of fused-ring (bicyclic) bond motifs is 3. The molecular weight excluding hydrogens is 470 g/mol. The molecule has 2 nitrogen and oxygen atoms in total. The Kier molecular flexibility index (Phi) is 5.30. The van der Waals surface area contributed by atoms with Crippen molar-refractivity contribution < 1.29 is 4.79 Å². The van der Waals surface area contributed by atoms with Crippen molar-refractivity contribution in [2.75, 3.05) is 4.90 Å². The number of allylic oxidation sites excluding steroid dienone is 1. The Labute approximate surface area is 220 Å². The quantitative estimate of drug-likeness (QED) is 0.229. The number of carbonyl (C=O) groups excluding carboxylic acids is 1. The minimum atomic E-state index is -0.0601. The van der Waals surface area contributed by atoms with Gasteiger partial charge in [-0.25, -0.2) is 0 Å². The van der Waals surface area contributed by atoms with E-state index in [4.69, 9.17) is 0 Å². The Morgan fingerprint density at radius 3 is 2.16 bits per heavy atom. The van der Waals surface area contributed by atoms with E-state index < -0.39 is 0 Å². The van der Waals surface area contributed by atoms with Crippen molar-refractivity contribution in [1.29, 1.82) is 0 Å². The lowest BCUT2D eigenvalue weighted by Crippen LogP contribution is -2.14. The number of benzene rings is 5. The van der Waals surface area contributed by atoms with Gasteiger partial charge in [0.05, 0.1) is 11.4 Å². The van der Waals surface area contributed by atoms with Gasteiger partial charge in [-0.15, -0.1) is 0 Å². The van der Waals surface area contributed by atoms with Crippen LogP contribution in [-0.2, 0) is 0 Å². The van der Waals surface area contributed by atoms with Crippen LogP contribution < -0.4 is 4.90 Å². The maximum Gasteiger partial charge on any atom is 0.190 e. The Balaban J connectivity index is 1.35. The van der Waals surface area contributed by atoms with E-state index in [1.807, 2.05) is 42.5 Å². The molecule has 0 aromatic heterocycles. The first kappa shape index (κ1) is 21.9. The number of ketones is 1. The van der Waals surface area contributed by atoms with Crippen molar-refractivity contribution in [1.82, 2.24) is 0 Å². The zero-order valence-corrected chi connectivity index (χ0v) is 20.9. The Morgan fingerprint density at radius 2 is 1.32 bits per heavy atom. The van der Waals surface area contributed by atoms with Gasteiger partial charge in [-0.05, 0) is 59.2 Å².